The van der Waals surface area contributed by atoms with Crippen LogP contribution in [0.2, 0.25) is 0 Å². The Kier molecular flexibility index (Phi) is 3.97. The zero-order chi connectivity index (χ0) is 16.4. The van der Waals surface area contributed by atoms with E-state index in [1.54, 1.807) is 37.3 Å². The van der Waals surface area contributed by atoms with Crippen LogP contribution in [0.5, 0.6) is 0 Å². The van der Waals surface area contributed by atoms with Crippen LogP contribution in [-0.4, -0.2) is 22.8 Å². The van der Waals surface area contributed by atoms with Gasteiger partial charge in [-0.15, -0.1) is 0 Å². The Balaban J connectivity index is 1.75. The summed E-state index contributed by atoms with van der Waals surface area (Å²) in [4.78, 5) is 38.6. The lowest BCUT2D eigenvalue weighted by atomic mass is 10.1. The Bertz CT molecular complexity index is 822. The van der Waals surface area contributed by atoms with E-state index in [0.29, 0.717) is 16.9 Å². The molecule has 2 amide bonds. The monoisotopic (exact) mass is 311 g/mol. The predicted octanol–water partition coefficient (Wildman–Crippen LogP) is 1.83. The van der Waals surface area contributed by atoms with Crippen molar-refractivity contribution in [2.75, 3.05) is 5.32 Å². The first kappa shape index (κ1) is 15.0. The molecule has 0 atom stereocenters. The Morgan fingerprint density at radius 3 is 2.61 bits per heavy atom. The van der Waals surface area contributed by atoms with Crippen molar-refractivity contribution in [3.8, 4) is 0 Å². The number of anilines is 1. The van der Waals surface area contributed by atoms with Gasteiger partial charge in [0.15, 0.2) is 0 Å². The molecule has 0 bridgehead atoms. The molecule has 23 heavy (non-hydrogen) atoms. The minimum atomic E-state index is -0.508. The number of hydrogen-bond donors (Lipinski definition) is 3. The molecule has 6 nitrogen and oxygen atoms in total. The second kappa shape index (κ2) is 6.08. The van der Waals surface area contributed by atoms with E-state index in [9.17, 15) is 14.4 Å². The van der Waals surface area contributed by atoms with Gasteiger partial charge in [-0.05, 0) is 50.1 Å². The van der Waals surface area contributed by atoms with Gasteiger partial charge in [0, 0.05) is 23.0 Å². The summed E-state index contributed by atoms with van der Waals surface area (Å²) >= 11 is 0. The number of aryl methyl sites for hydroxylation is 1. The van der Waals surface area contributed by atoms with Crippen LogP contribution < -0.4 is 16.2 Å². The molecular formula is C17H17N3O3. The maximum atomic E-state index is 12.2. The molecule has 1 aromatic heterocycles. The van der Waals surface area contributed by atoms with Crippen molar-refractivity contribution in [2.24, 2.45) is 0 Å². The van der Waals surface area contributed by atoms with Gasteiger partial charge in [-0.3, -0.25) is 14.4 Å². The molecule has 0 radical (unpaired) electrons. The summed E-state index contributed by atoms with van der Waals surface area (Å²) in [6.45, 7) is 1.74. The van der Waals surface area contributed by atoms with Crippen molar-refractivity contribution in [1.82, 2.24) is 10.3 Å². The number of amides is 2. The molecular weight excluding hydrogens is 294 g/mol. The summed E-state index contributed by atoms with van der Waals surface area (Å²) in [7, 11) is 0. The van der Waals surface area contributed by atoms with Crippen LogP contribution >= 0.6 is 0 Å². The van der Waals surface area contributed by atoms with E-state index < -0.39 is 11.5 Å². The largest absolute Gasteiger partial charge is 0.349 e. The number of pyridine rings is 1. The van der Waals surface area contributed by atoms with Crippen molar-refractivity contribution in [3.05, 3.63) is 63.6 Å². The smallest absolute Gasteiger partial charge is 0.261 e. The molecule has 0 aliphatic heterocycles. The molecule has 0 saturated heterocycles. The van der Waals surface area contributed by atoms with Gasteiger partial charge in [0.25, 0.3) is 17.4 Å². The Labute approximate surface area is 132 Å². The van der Waals surface area contributed by atoms with Gasteiger partial charge in [0.1, 0.15) is 5.56 Å². The molecule has 118 valence electrons. The van der Waals surface area contributed by atoms with Crippen molar-refractivity contribution in [3.63, 3.8) is 0 Å². The van der Waals surface area contributed by atoms with Crippen molar-refractivity contribution in [2.45, 2.75) is 25.8 Å². The average molecular weight is 311 g/mol. The molecule has 1 heterocycles. The van der Waals surface area contributed by atoms with Gasteiger partial charge in [-0.1, -0.05) is 6.07 Å². The highest BCUT2D eigenvalue weighted by molar-refractivity contribution is 6.04. The lowest BCUT2D eigenvalue weighted by molar-refractivity contribution is 0.0949. The van der Waals surface area contributed by atoms with Gasteiger partial charge >= 0.3 is 0 Å². The molecule has 6 heteroatoms. The molecule has 0 spiro atoms. The Hall–Kier alpha value is -2.89. The summed E-state index contributed by atoms with van der Waals surface area (Å²) in [5, 5.41) is 5.53. The van der Waals surface area contributed by atoms with E-state index in [1.165, 1.54) is 6.07 Å². The predicted molar refractivity (Wildman–Crippen MR) is 86.7 cm³/mol. The normalized spacial score (nSPS) is 13.4. The molecule has 3 rings (SSSR count). The summed E-state index contributed by atoms with van der Waals surface area (Å²) in [6.07, 6.45) is 2.02. The number of hydrogen-bond acceptors (Lipinski definition) is 3. The summed E-state index contributed by atoms with van der Waals surface area (Å²) in [5.74, 6) is -0.664. The zero-order valence-electron chi connectivity index (χ0n) is 12.7. The van der Waals surface area contributed by atoms with Crippen LogP contribution in [-0.2, 0) is 0 Å². The van der Waals surface area contributed by atoms with Crippen LogP contribution in [0, 0.1) is 6.92 Å². The van der Waals surface area contributed by atoms with E-state index in [-0.39, 0.29) is 17.5 Å². The lowest BCUT2D eigenvalue weighted by Crippen LogP contribution is -2.26. The van der Waals surface area contributed by atoms with Crippen LogP contribution in [0.15, 0.2) is 41.2 Å². The summed E-state index contributed by atoms with van der Waals surface area (Å²) < 4.78 is 0. The van der Waals surface area contributed by atoms with Gasteiger partial charge in [0.2, 0.25) is 0 Å². The van der Waals surface area contributed by atoms with Gasteiger partial charge in [-0.2, -0.15) is 0 Å². The number of aromatic amines is 1. The third-order valence-electron chi connectivity index (χ3n) is 3.60. The summed E-state index contributed by atoms with van der Waals surface area (Å²) in [6, 6.07) is 10.1. The highest BCUT2D eigenvalue weighted by Crippen LogP contribution is 2.20. The van der Waals surface area contributed by atoms with Crippen molar-refractivity contribution >= 4 is 17.5 Å². The van der Waals surface area contributed by atoms with Crippen LogP contribution in [0.4, 0.5) is 5.69 Å². The summed E-state index contributed by atoms with van der Waals surface area (Å²) in [5.41, 5.74) is 1.23. The fourth-order valence-corrected chi connectivity index (χ4v) is 2.18. The Morgan fingerprint density at radius 2 is 1.91 bits per heavy atom. The van der Waals surface area contributed by atoms with E-state index in [1.807, 2.05) is 0 Å². The first-order valence-electron chi connectivity index (χ1n) is 7.45. The van der Waals surface area contributed by atoms with Crippen molar-refractivity contribution < 1.29 is 9.59 Å². The molecule has 0 unspecified atom stereocenters. The highest BCUT2D eigenvalue weighted by Gasteiger charge is 2.23. The standard InChI is InChI=1S/C17H17N3O3/c1-10-5-8-14(16(22)18-10)17(23)20-13-4-2-3-11(9-13)15(21)19-12-6-7-12/h2-5,8-9,12H,6-7H2,1H3,(H,18,22)(H,19,21)(H,20,23). The number of aromatic nitrogens is 1. The topological polar surface area (TPSA) is 91.1 Å². The highest BCUT2D eigenvalue weighted by atomic mass is 16.2. The molecule has 1 aliphatic rings. The van der Waals surface area contributed by atoms with Crippen LogP contribution in [0.1, 0.15) is 39.3 Å². The van der Waals surface area contributed by atoms with E-state index in [2.05, 4.69) is 15.6 Å². The molecule has 2 aromatic rings. The maximum Gasteiger partial charge on any atom is 0.261 e. The number of carbonyl (C=O) groups is 2. The first-order chi connectivity index (χ1) is 11.0. The molecule has 1 fully saturated rings. The lowest BCUT2D eigenvalue weighted by Gasteiger charge is -2.08. The number of rotatable bonds is 4. The van der Waals surface area contributed by atoms with Crippen LogP contribution in [0.3, 0.4) is 0 Å². The van der Waals surface area contributed by atoms with Gasteiger partial charge in [0.05, 0.1) is 0 Å². The van der Waals surface area contributed by atoms with Crippen molar-refractivity contribution in [1.29, 1.82) is 0 Å². The third kappa shape index (κ3) is 3.66. The molecule has 3 N–H and O–H groups in total. The second-order valence-electron chi connectivity index (χ2n) is 5.67. The SMILES string of the molecule is Cc1ccc(C(=O)Nc2cccc(C(=O)NC3CC3)c2)c(=O)[nH]1. The second-order valence-corrected chi connectivity index (χ2v) is 5.67. The van der Waals surface area contributed by atoms with Gasteiger partial charge < -0.3 is 15.6 Å². The number of nitrogens with one attached hydrogen (secondary N) is 3. The van der Waals surface area contributed by atoms with E-state index in [0.717, 1.165) is 12.8 Å². The number of carbonyl (C=O) groups excluding carboxylic acids is 2. The minimum Gasteiger partial charge on any atom is -0.349 e. The fraction of sp³-hybridized carbons (Fsp3) is 0.235. The quantitative estimate of drug-likeness (QED) is 0.804. The van der Waals surface area contributed by atoms with Gasteiger partial charge in [-0.25, -0.2) is 0 Å². The maximum absolute atomic E-state index is 12.2. The molecule has 1 saturated carbocycles. The zero-order valence-corrected chi connectivity index (χ0v) is 12.7. The number of H-pyrrole nitrogens is 1. The molecule has 1 aliphatic carbocycles. The first-order valence-corrected chi connectivity index (χ1v) is 7.45. The Morgan fingerprint density at radius 1 is 1.13 bits per heavy atom. The fourth-order valence-electron chi connectivity index (χ4n) is 2.18. The van der Waals surface area contributed by atoms with E-state index >= 15 is 0 Å². The third-order valence-corrected chi connectivity index (χ3v) is 3.60. The van der Waals surface area contributed by atoms with E-state index in [4.69, 9.17) is 0 Å². The molecule has 1 aromatic carbocycles. The van der Waals surface area contributed by atoms with Crippen LogP contribution in [0.25, 0.3) is 0 Å². The number of benzene rings is 1. The minimum absolute atomic E-state index is 0.0310. The average Bonchev–Trinajstić information content (AvgIpc) is 3.31.